The maximum atomic E-state index is 14.4. The fourth-order valence-corrected chi connectivity index (χ4v) is 2.78. The van der Waals surface area contributed by atoms with Crippen LogP contribution in [-0.2, 0) is 6.42 Å². The van der Waals surface area contributed by atoms with Crippen LogP contribution in [0.15, 0.2) is 10.9 Å². The minimum Gasteiger partial charge on any atom is -0.354 e. The molecule has 0 aromatic carbocycles. The van der Waals surface area contributed by atoms with Gasteiger partial charge in [0, 0.05) is 33.1 Å². The average molecular weight is 320 g/mol. The zero-order valence-corrected chi connectivity index (χ0v) is 13.7. The molecule has 2 aromatic heterocycles. The zero-order chi connectivity index (χ0) is 16.4. The van der Waals surface area contributed by atoms with E-state index in [2.05, 4.69) is 20.1 Å². The van der Waals surface area contributed by atoms with Crippen molar-refractivity contribution in [3.8, 4) is 0 Å². The first-order valence-corrected chi connectivity index (χ1v) is 7.85. The number of aromatic nitrogens is 4. The molecule has 8 heteroatoms. The zero-order valence-electron chi connectivity index (χ0n) is 13.7. The maximum absolute atomic E-state index is 14.4. The molecule has 1 aliphatic heterocycles. The first-order chi connectivity index (χ1) is 11.1. The van der Waals surface area contributed by atoms with Gasteiger partial charge in [0.05, 0.1) is 5.69 Å². The molecule has 1 aliphatic rings. The molecule has 1 fully saturated rings. The highest BCUT2D eigenvalue weighted by molar-refractivity contribution is 5.41. The van der Waals surface area contributed by atoms with Crippen molar-refractivity contribution in [3.63, 3.8) is 0 Å². The lowest BCUT2D eigenvalue weighted by Crippen LogP contribution is -2.34. The summed E-state index contributed by atoms with van der Waals surface area (Å²) in [6.45, 7) is 3.31. The molecule has 0 spiro atoms. The van der Waals surface area contributed by atoms with Gasteiger partial charge in [0.2, 0.25) is 5.89 Å². The van der Waals surface area contributed by atoms with Crippen LogP contribution < -0.4 is 9.80 Å². The van der Waals surface area contributed by atoms with Crippen molar-refractivity contribution >= 4 is 11.8 Å². The summed E-state index contributed by atoms with van der Waals surface area (Å²) in [5, 5.41) is 3.95. The summed E-state index contributed by atoms with van der Waals surface area (Å²) in [6.07, 6.45) is 3.66. The van der Waals surface area contributed by atoms with Gasteiger partial charge in [-0.3, -0.25) is 0 Å². The molecule has 0 amide bonds. The number of piperidine rings is 1. The largest absolute Gasteiger partial charge is 0.354 e. The van der Waals surface area contributed by atoms with Gasteiger partial charge < -0.3 is 14.3 Å². The fraction of sp³-hybridized carbons (Fsp3) is 0.600. The minimum absolute atomic E-state index is 0.211. The van der Waals surface area contributed by atoms with E-state index in [1.165, 1.54) is 6.33 Å². The molecule has 0 atom stereocenters. The molecule has 0 unspecified atom stereocenters. The van der Waals surface area contributed by atoms with Crippen molar-refractivity contribution in [1.82, 2.24) is 20.1 Å². The summed E-state index contributed by atoms with van der Waals surface area (Å²) in [5.41, 5.74) is 0.463. The van der Waals surface area contributed by atoms with Gasteiger partial charge in [0.15, 0.2) is 11.6 Å². The third-order valence-corrected chi connectivity index (χ3v) is 4.15. The van der Waals surface area contributed by atoms with Crippen LogP contribution in [0, 0.1) is 5.82 Å². The van der Waals surface area contributed by atoms with Gasteiger partial charge in [-0.05, 0) is 24.4 Å². The Hall–Kier alpha value is -2.25. The van der Waals surface area contributed by atoms with Crippen LogP contribution in [0.2, 0.25) is 0 Å². The molecule has 0 N–H and O–H groups in total. The number of hydrogen-bond donors (Lipinski definition) is 0. The van der Waals surface area contributed by atoms with Gasteiger partial charge in [-0.2, -0.15) is 4.98 Å². The van der Waals surface area contributed by atoms with Crippen molar-refractivity contribution in [2.24, 2.45) is 0 Å². The van der Waals surface area contributed by atoms with Crippen LogP contribution in [0.25, 0.3) is 0 Å². The standard InChI is InChI=1S/C15H21FN6O/c1-4-11-12(16)13(18-9-17-11)22-7-5-10(6-8-22)14-19-15(20-23-14)21(2)3/h9-10H,4-8H2,1-3H3. The van der Waals surface area contributed by atoms with Gasteiger partial charge in [-0.15, -0.1) is 0 Å². The monoisotopic (exact) mass is 320 g/mol. The molecule has 3 heterocycles. The third-order valence-electron chi connectivity index (χ3n) is 4.15. The van der Waals surface area contributed by atoms with E-state index >= 15 is 0 Å². The number of rotatable bonds is 4. The Bertz CT molecular complexity index is 666. The Labute approximate surface area is 134 Å². The number of nitrogens with zero attached hydrogens (tertiary/aromatic N) is 6. The van der Waals surface area contributed by atoms with E-state index in [4.69, 9.17) is 4.52 Å². The second-order valence-corrected chi connectivity index (χ2v) is 5.90. The van der Waals surface area contributed by atoms with Crippen molar-refractivity contribution in [2.75, 3.05) is 37.0 Å². The van der Waals surface area contributed by atoms with Crippen LogP contribution in [-0.4, -0.2) is 47.3 Å². The Morgan fingerprint density at radius 2 is 2.04 bits per heavy atom. The Balaban J connectivity index is 1.68. The summed E-state index contributed by atoms with van der Waals surface area (Å²) in [7, 11) is 3.75. The van der Waals surface area contributed by atoms with Gasteiger partial charge in [-0.1, -0.05) is 6.92 Å². The van der Waals surface area contributed by atoms with E-state index in [9.17, 15) is 4.39 Å². The highest BCUT2D eigenvalue weighted by Crippen LogP contribution is 2.30. The Kier molecular flexibility index (Phi) is 4.40. The maximum Gasteiger partial charge on any atom is 0.265 e. The van der Waals surface area contributed by atoms with Crippen LogP contribution in [0.5, 0.6) is 0 Å². The van der Waals surface area contributed by atoms with E-state index in [0.717, 1.165) is 12.8 Å². The highest BCUT2D eigenvalue weighted by Gasteiger charge is 2.27. The summed E-state index contributed by atoms with van der Waals surface area (Å²) in [5.74, 6) is 1.54. The smallest absolute Gasteiger partial charge is 0.265 e. The average Bonchev–Trinajstić information content (AvgIpc) is 3.06. The molecule has 1 saturated heterocycles. The molecule has 7 nitrogen and oxygen atoms in total. The molecule has 2 aromatic rings. The highest BCUT2D eigenvalue weighted by atomic mass is 19.1. The van der Waals surface area contributed by atoms with Crippen LogP contribution in [0.4, 0.5) is 16.2 Å². The van der Waals surface area contributed by atoms with E-state index in [1.807, 2.05) is 30.8 Å². The summed E-state index contributed by atoms with van der Waals surface area (Å²) >= 11 is 0. The molecular weight excluding hydrogens is 299 g/mol. The topological polar surface area (TPSA) is 71.2 Å². The first kappa shape index (κ1) is 15.6. The van der Waals surface area contributed by atoms with Crippen molar-refractivity contribution in [1.29, 1.82) is 0 Å². The van der Waals surface area contributed by atoms with Crippen molar-refractivity contribution in [3.05, 3.63) is 23.7 Å². The number of halogens is 1. The molecule has 0 aliphatic carbocycles. The van der Waals surface area contributed by atoms with Gasteiger partial charge in [0.25, 0.3) is 5.95 Å². The van der Waals surface area contributed by atoms with Gasteiger partial charge in [-0.25, -0.2) is 14.4 Å². The van der Waals surface area contributed by atoms with E-state index in [-0.39, 0.29) is 11.7 Å². The number of anilines is 2. The molecule has 3 rings (SSSR count). The Morgan fingerprint density at radius 1 is 1.30 bits per heavy atom. The van der Waals surface area contributed by atoms with Crippen LogP contribution in [0.1, 0.15) is 37.3 Å². The second-order valence-electron chi connectivity index (χ2n) is 5.90. The number of hydrogen-bond acceptors (Lipinski definition) is 7. The number of aryl methyl sites for hydroxylation is 1. The quantitative estimate of drug-likeness (QED) is 0.853. The molecule has 0 saturated carbocycles. The Morgan fingerprint density at radius 3 is 2.65 bits per heavy atom. The SMILES string of the molecule is CCc1ncnc(N2CCC(c3nc(N(C)C)no3)CC2)c1F. The predicted molar refractivity (Wildman–Crippen MR) is 84.2 cm³/mol. The summed E-state index contributed by atoms with van der Waals surface area (Å²) in [4.78, 5) is 16.3. The van der Waals surface area contributed by atoms with Crippen LogP contribution in [0.3, 0.4) is 0 Å². The van der Waals surface area contributed by atoms with Gasteiger partial charge in [0.1, 0.15) is 6.33 Å². The van der Waals surface area contributed by atoms with E-state index in [0.29, 0.717) is 42.9 Å². The molecule has 23 heavy (non-hydrogen) atoms. The van der Waals surface area contributed by atoms with E-state index < -0.39 is 0 Å². The molecular formula is C15H21FN6O. The fourth-order valence-electron chi connectivity index (χ4n) is 2.78. The molecule has 0 bridgehead atoms. The second kappa shape index (κ2) is 6.47. The molecule has 0 radical (unpaired) electrons. The lowest BCUT2D eigenvalue weighted by Gasteiger charge is -2.31. The summed E-state index contributed by atoms with van der Waals surface area (Å²) in [6, 6.07) is 0. The van der Waals surface area contributed by atoms with Crippen LogP contribution >= 0.6 is 0 Å². The minimum atomic E-state index is -0.305. The van der Waals surface area contributed by atoms with Crippen molar-refractivity contribution < 1.29 is 8.91 Å². The predicted octanol–water partition coefficient (Wildman–Crippen LogP) is 2.01. The van der Waals surface area contributed by atoms with E-state index in [1.54, 1.807) is 0 Å². The molecule has 124 valence electrons. The first-order valence-electron chi connectivity index (χ1n) is 7.85. The van der Waals surface area contributed by atoms with Gasteiger partial charge >= 0.3 is 0 Å². The van der Waals surface area contributed by atoms with Crippen molar-refractivity contribution in [2.45, 2.75) is 32.1 Å². The lowest BCUT2D eigenvalue weighted by molar-refractivity contribution is 0.328. The lowest BCUT2D eigenvalue weighted by atomic mass is 9.97. The normalized spacial score (nSPS) is 15.9. The third kappa shape index (κ3) is 3.11. The summed E-state index contributed by atoms with van der Waals surface area (Å²) < 4.78 is 19.7.